The van der Waals surface area contributed by atoms with Crippen molar-refractivity contribution < 1.29 is 5.11 Å². The van der Waals surface area contributed by atoms with Gasteiger partial charge in [0.2, 0.25) is 0 Å². The zero-order valence-corrected chi connectivity index (χ0v) is 16.8. The largest absolute Gasteiger partial charge is 0.507 e. The lowest BCUT2D eigenvalue weighted by molar-refractivity contribution is 0.467. The number of hydrogen-bond acceptors (Lipinski definition) is 2. The van der Waals surface area contributed by atoms with E-state index in [2.05, 4.69) is 71.7 Å². The van der Waals surface area contributed by atoms with Gasteiger partial charge in [0, 0.05) is 29.4 Å². The number of rotatable bonds is 5. The lowest BCUT2D eigenvalue weighted by Gasteiger charge is -2.30. The molecule has 3 heteroatoms. The minimum atomic E-state index is 0.484. The second-order valence-electron chi connectivity index (χ2n) is 7.52. The Kier molecular flexibility index (Phi) is 5.94. The molecule has 2 unspecified atom stereocenters. The predicted molar refractivity (Wildman–Crippen MR) is 118 cm³/mol. The summed E-state index contributed by atoms with van der Waals surface area (Å²) >= 11 is 0. The number of benzene rings is 2. The molecule has 2 nitrogen and oxygen atoms in total. The molecule has 27 heavy (non-hydrogen) atoms. The zero-order valence-electron chi connectivity index (χ0n) is 15.8. The summed E-state index contributed by atoms with van der Waals surface area (Å²) in [5, 5.41) is 13.3. The monoisotopic (exact) mass is 377 g/mol. The van der Waals surface area contributed by atoms with Crippen LogP contribution < -0.4 is 15.5 Å². The standard InChI is InChI=1S/C24H28NOP/c26-24-20(18-19-10-3-1-4-11-19)12-9-15-23(24)27-22-14-6-5-13-21(22)25-16-7-2-8-17-25/h1,3-6,9-10,12-15,19,26-27H,2,7-8,11,16-18H2. The number of allylic oxidation sites excluding steroid dienone is 4. The van der Waals surface area contributed by atoms with Crippen molar-refractivity contribution in [2.24, 2.45) is 5.92 Å². The first-order valence-corrected chi connectivity index (χ1v) is 11.1. The van der Waals surface area contributed by atoms with Crippen LogP contribution in [0, 0.1) is 5.92 Å². The van der Waals surface area contributed by atoms with Crippen LogP contribution in [0.25, 0.3) is 0 Å². The van der Waals surface area contributed by atoms with Gasteiger partial charge in [-0.1, -0.05) is 69.3 Å². The maximum atomic E-state index is 10.9. The first-order valence-electron chi connectivity index (χ1n) is 10.1. The zero-order chi connectivity index (χ0) is 18.5. The minimum absolute atomic E-state index is 0.484. The van der Waals surface area contributed by atoms with E-state index in [1.54, 1.807) is 0 Å². The van der Waals surface area contributed by atoms with E-state index < -0.39 is 0 Å². The Hall–Kier alpha value is -2.05. The van der Waals surface area contributed by atoms with Gasteiger partial charge in [-0.2, -0.15) is 0 Å². The Bertz CT molecular complexity index is 836. The van der Waals surface area contributed by atoms with Crippen molar-refractivity contribution in [1.29, 1.82) is 0 Å². The molecule has 1 heterocycles. The molecule has 1 N–H and O–H groups in total. The first kappa shape index (κ1) is 18.3. The van der Waals surface area contributed by atoms with Crippen LogP contribution in [-0.2, 0) is 6.42 Å². The molecule has 1 saturated heterocycles. The predicted octanol–water partition coefficient (Wildman–Crippen LogP) is 4.69. The fraction of sp³-hybridized carbons (Fsp3) is 0.333. The third-order valence-electron chi connectivity index (χ3n) is 5.54. The molecule has 2 aliphatic rings. The summed E-state index contributed by atoms with van der Waals surface area (Å²) in [5.41, 5.74) is 2.42. The van der Waals surface area contributed by atoms with Crippen molar-refractivity contribution in [1.82, 2.24) is 0 Å². The molecular weight excluding hydrogens is 349 g/mol. The summed E-state index contributed by atoms with van der Waals surface area (Å²) in [5.74, 6) is 0.979. The van der Waals surface area contributed by atoms with E-state index in [4.69, 9.17) is 0 Å². The van der Waals surface area contributed by atoms with Gasteiger partial charge in [0.1, 0.15) is 5.75 Å². The Morgan fingerprint density at radius 2 is 1.74 bits per heavy atom. The first-order chi connectivity index (χ1) is 13.3. The van der Waals surface area contributed by atoms with Crippen molar-refractivity contribution in [3.63, 3.8) is 0 Å². The van der Waals surface area contributed by atoms with Crippen molar-refractivity contribution in [2.45, 2.75) is 32.1 Å². The van der Waals surface area contributed by atoms with Gasteiger partial charge < -0.3 is 10.0 Å². The third kappa shape index (κ3) is 4.45. The normalized spacial score (nSPS) is 19.9. The Balaban J connectivity index is 1.55. The van der Waals surface area contributed by atoms with E-state index in [1.807, 2.05) is 0 Å². The van der Waals surface area contributed by atoms with Crippen LogP contribution in [0.4, 0.5) is 5.69 Å². The molecule has 2 aromatic rings. The summed E-state index contributed by atoms with van der Waals surface area (Å²) in [6.07, 6.45) is 14.5. The van der Waals surface area contributed by atoms with Crippen molar-refractivity contribution >= 4 is 24.9 Å². The highest BCUT2D eigenvalue weighted by Gasteiger charge is 2.17. The molecule has 1 aliphatic carbocycles. The fourth-order valence-electron chi connectivity index (χ4n) is 4.06. The van der Waals surface area contributed by atoms with Crippen LogP contribution in [0.5, 0.6) is 5.75 Å². The molecule has 140 valence electrons. The summed E-state index contributed by atoms with van der Waals surface area (Å²) in [6.45, 7) is 2.30. The number of anilines is 1. The number of hydrogen-bond donors (Lipinski definition) is 1. The molecular formula is C24H28NOP. The lowest BCUT2D eigenvalue weighted by atomic mass is 9.93. The number of piperidine rings is 1. The highest BCUT2D eigenvalue weighted by molar-refractivity contribution is 7.56. The number of phenols is 1. The van der Waals surface area contributed by atoms with E-state index in [0.29, 0.717) is 20.2 Å². The molecule has 0 spiro atoms. The second-order valence-corrected chi connectivity index (χ2v) is 8.84. The van der Waals surface area contributed by atoms with Gasteiger partial charge in [-0.05, 0) is 49.7 Å². The molecule has 2 atom stereocenters. The molecule has 0 bridgehead atoms. The van der Waals surface area contributed by atoms with Gasteiger partial charge in [0.25, 0.3) is 0 Å². The van der Waals surface area contributed by atoms with Gasteiger partial charge in [0.15, 0.2) is 0 Å². The van der Waals surface area contributed by atoms with Crippen LogP contribution in [0.15, 0.2) is 66.8 Å². The van der Waals surface area contributed by atoms with Crippen LogP contribution in [0.2, 0.25) is 0 Å². The summed E-state index contributed by atoms with van der Waals surface area (Å²) in [6, 6.07) is 15.0. The molecule has 1 fully saturated rings. The average molecular weight is 377 g/mol. The fourth-order valence-corrected chi connectivity index (χ4v) is 5.36. The SMILES string of the molecule is Oc1c(CC2C=CC=CC2)cccc1Pc1ccccc1N1CCCCC1. The number of para-hydroxylation sites is 2. The average Bonchev–Trinajstić information content (AvgIpc) is 2.73. The number of nitrogens with zero attached hydrogens (tertiary/aromatic N) is 1. The summed E-state index contributed by atoms with van der Waals surface area (Å²) < 4.78 is 0. The highest BCUT2D eigenvalue weighted by Crippen LogP contribution is 2.29. The molecule has 0 aromatic heterocycles. The van der Waals surface area contributed by atoms with Crippen LogP contribution >= 0.6 is 8.58 Å². The van der Waals surface area contributed by atoms with Crippen LogP contribution in [0.1, 0.15) is 31.2 Å². The van der Waals surface area contributed by atoms with E-state index in [1.165, 1.54) is 30.3 Å². The maximum absolute atomic E-state index is 10.9. The molecule has 0 amide bonds. The highest BCUT2D eigenvalue weighted by atomic mass is 31.1. The quantitative estimate of drug-likeness (QED) is 0.765. The number of aromatic hydroxyl groups is 1. The lowest BCUT2D eigenvalue weighted by Crippen LogP contribution is -2.32. The van der Waals surface area contributed by atoms with Crippen LogP contribution in [0.3, 0.4) is 0 Å². The van der Waals surface area contributed by atoms with Crippen LogP contribution in [-0.4, -0.2) is 18.2 Å². The van der Waals surface area contributed by atoms with Gasteiger partial charge in [0.05, 0.1) is 0 Å². The maximum Gasteiger partial charge on any atom is 0.126 e. The summed E-state index contributed by atoms with van der Waals surface area (Å²) in [4.78, 5) is 2.52. The molecule has 0 saturated carbocycles. The van der Waals surface area contributed by atoms with E-state index in [9.17, 15) is 5.11 Å². The van der Waals surface area contributed by atoms with Gasteiger partial charge in [-0.15, -0.1) is 0 Å². The molecule has 1 aliphatic heterocycles. The third-order valence-corrected chi connectivity index (χ3v) is 6.91. The smallest absolute Gasteiger partial charge is 0.126 e. The topological polar surface area (TPSA) is 23.5 Å². The Morgan fingerprint density at radius 1 is 0.926 bits per heavy atom. The van der Waals surface area contributed by atoms with Crippen molar-refractivity contribution in [3.05, 3.63) is 72.3 Å². The van der Waals surface area contributed by atoms with Crippen molar-refractivity contribution in [2.75, 3.05) is 18.0 Å². The Labute approximate surface area is 164 Å². The van der Waals surface area contributed by atoms with Crippen molar-refractivity contribution in [3.8, 4) is 5.75 Å². The Morgan fingerprint density at radius 3 is 2.56 bits per heavy atom. The molecule has 2 aromatic carbocycles. The molecule has 0 radical (unpaired) electrons. The summed E-state index contributed by atoms with van der Waals surface area (Å²) in [7, 11) is 0.484. The van der Waals surface area contributed by atoms with Gasteiger partial charge in [-0.25, -0.2) is 0 Å². The second kappa shape index (κ2) is 8.76. The molecule has 4 rings (SSSR count). The van der Waals surface area contributed by atoms with E-state index >= 15 is 0 Å². The van der Waals surface area contributed by atoms with Gasteiger partial charge >= 0.3 is 0 Å². The van der Waals surface area contributed by atoms with E-state index in [-0.39, 0.29) is 0 Å². The van der Waals surface area contributed by atoms with Gasteiger partial charge in [-0.3, -0.25) is 0 Å². The minimum Gasteiger partial charge on any atom is -0.507 e. The van der Waals surface area contributed by atoms with E-state index in [0.717, 1.165) is 36.8 Å². The number of phenolic OH excluding ortho intramolecular Hbond substituents is 1.